The molecule has 3 heterocycles. The highest BCUT2D eigenvalue weighted by molar-refractivity contribution is 6.30. The summed E-state index contributed by atoms with van der Waals surface area (Å²) in [7, 11) is 1.70. The van der Waals surface area contributed by atoms with Crippen molar-refractivity contribution in [3.05, 3.63) is 75.4 Å². The molecule has 0 unspecified atom stereocenters. The first kappa shape index (κ1) is 21.2. The van der Waals surface area contributed by atoms with E-state index in [0.717, 1.165) is 29.3 Å². The summed E-state index contributed by atoms with van der Waals surface area (Å²) in [6, 6.07) is 17.2. The number of piperidine rings is 1. The number of hydrogen-bond donors (Lipinski definition) is 0. The summed E-state index contributed by atoms with van der Waals surface area (Å²) in [5, 5.41) is 19.9. The first-order chi connectivity index (χ1) is 15.9. The first-order valence-electron chi connectivity index (χ1n) is 10.8. The van der Waals surface area contributed by atoms with Crippen LogP contribution >= 0.6 is 11.6 Å². The summed E-state index contributed by atoms with van der Waals surface area (Å²) >= 11 is 6.10. The molecule has 33 heavy (non-hydrogen) atoms. The molecule has 0 N–H and O–H groups in total. The van der Waals surface area contributed by atoms with Gasteiger partial charge in [0.15, 0.2) is 0 Å². The van der Waals surface area contributed by atoms with Crippen molar-refractivity contribution in [1.82, 2.24) is 14.8 Å². The number of aryl methyl sites for hydroxylation is 1. The van der Waals surface area contributed by atoms with Crippen LogP contribution < -0.4 is 10.5 Å². The Morgan fingerprint density at radius 3 is 2.61 bits per heavy atom. The molecule has 4 aromatic rings. The van der Waals surface area contributed by atoms with Crippen molar-refractivity contribution in [2.45, 2.75) is 25.2 Å². The van der Waals surface area contributed by atoms with Crippen LogP contribution in [0.1, 0.15) is 31.2 Å². The highest BCUT2D eigenvalue weighted by Gasteiger charge is 2.38. The molecule has 2 aromatic carbocycles. The Balaban J connectivity index is 1.46. The number of pyridine rings is 1. The lowest BCUT2D eigenvalue weighted by molar-refractivity contribution is 0.287. The number of fused-ring (bicyclic) bond motifs is 1. The van der Waals surface area contributed by atoms with Crippen LogP contribution in [0.3, 0.4) is 0 Å². The van der Waals surface area contributed by atoms with Crippen molar-refractivity contribution in [3.63, 3.8) is 0 Å². The van der Waals surface area contributed by atoms with Crippen LogP contribution in [0.5, 0.6) is 0 Å². The lowest BCUT2D eigenvalue weighted by Gasteiger charge is -2.39. The quantitative estimate of drug-likeness (QED) is 0.442. The maximum Gasteiger partial charge on any atom is 0.270 e. The second kappa shape index (κ2) is 8.05. The topological polar surface area (TPSA) is 88.0 Å². The van der Waals surface area contributed by atoms with Gasteiger partial charge in [-0.05, 0) is 37.1 Å². The Morgan fingerprint density at radius 2 is 1.88 bits per heavy atom. The van der Waals surface area contributed by atoms with Gasteiger partial charge in [0.1, 0.15) is 11.6 Å². The number of nitrogens with zero attached hydrogens (tertiary/aromatic N) is 5. The molecule has 0 bridgehead atoms. The number of para-hydroxylation sites is 1. The number of benzene rings is 2. The van der Waals surface area contributed by atoms with E-state index >= 15 is 0 Å². The molecule has 1 aliphatic heterocycles. The normalized spacial score (nSPS) is 15.5. The highest BCUT2D eigenvalue weighted by Crippen LogP contribution is 2.39. The number of nitriles is 1. The van der Waals surface area contributed by atoms with Gasteiger partial charge >= 0.3 is 0 Å². The average Bonchev–Trinajstić information content (AvgIpc) is 3.33. The molecule has 2 aromatic heterocycles. The summed E-state index contributed by atoms with van der Waals surface area (Å²) in [5.41, 5.74) is 1.91. The summed E-state index contributed by atoms with van der Waals surface area (Å²) in [6.45, 7) is 3.45. The smallest absolute Gasteiger partial charge is 0.270 e. The summed E-state index contributed by atoms with van der Waals surface area (Å²) in [5.74, 6) is 1.03. The van der Waals surface area contributed by atoms with E-state index in [1.807, 2.05) is 36.4 Å². The van der Waals surface area contributed by atoms with Crippen molar-refractivity contribution in [2.75, 3.05) is 18.0 Å². The van der Waals surface area contributed by atoms with Crippen LogP contribution in [-0.4, -0.2) is 27.9 Å². The lowest BCUT2D eigenvalue weighted by Crippen LogP contribution is -2.42. The van der Waals surface area contributed by atoms with E-state index in [4.69, 9.17) is 16.0 Å². The molecule has 0 saturated carbocycles. The van der Waals surface area contributed by atoms with Crippen LogP contribution in [0.15, 0.2) is 57.7 Å². The minimum absolute atomic E-state index is 0.181. The van der Waals surface area contributed by atoms with Crippen molar-refractivity contribution in [3.8, 4) is 17.5 Å². The maximum atomic E-state index is 12.9. The summed E-state index contributed by atoms with van der Waals surface area (Å²) in [6.07, 6.45) is 1.50. The molecule has 0 amide bonds. The van der Waals surface area contributed by atoms with Crippen LogP contribution in [0.4, 0.5) is 5.69 Å². The van der Waals surface area contributed by atoms with E-state index in [0.29, 0.717) is 35.6 Å². The Hall–Kier alpha value is -3.63. The highest BCUT2D eigenvalue weighted by atomic mass is 35.5. The van der Waals surface area contributed by atoms with Gasteiger partial charge in [-0.25, -0.2) is 0 Å². The largest absolute Gasteiger partial charge is 0.420 e. The number of halogens is 1. The van der Waals surface area contributed by atoms with E-state index in [1.54, 1.807) is 23.7 Å². The number of anilines is 1. The number of rotatable bonds is 3. The van der Waals surface area contributed by atoms with Gasteiger partial charge in [-0.15, -0.1) is 10.2 Å². The summed E-state index contributed by atoms with van der Waals surface area (Å²) in [4.78, 5) is 15.0. The predicted molar refractivity (Wildman–Crippen MR) is 127 cm³/mol. The summed E-state index contributed by atoms with van der Waals surface area (Å²) < 4.78 is 7.60. The Kier molecular flexibility index (Phi) is 5.18. The molecule has 1 aliphatic rings. The number of hydrogen-bond acceptors (Lipinski definition) is 6. The number of aromatic nitrogens is 3. The van der Waals surface area contributed by atoms with Gasteiger partial charge in [0, 0.05) is 41.5 Å². The molecule has 166 valence electrons. The van der Waals surface area contributed by atoms with Gasteiger partial charge in [-0.3, -0.25) is 4.79 Å². The third-order valence-electron chi connectivity index (χ3n) is 6.58. The Morgan fingerprint density at radius 1 is 1.12 bits per heavy atom. The molecule has 7 nitrogen and oxygen atoms in total. The van der Waals surface area contributed by atoms with Crippen LogP contribution in [0.25, 0.3) is 22.4 Å². The van der Waals surface area contributed by atoms with Crippen LogP contribution in [0.2, 0.25) is 5.02 Å². The molecule has 0 radical (unpaired) electrons. The molecule has 5 rings (SSSR count). The first-order valence-corrected chi connectivity index (χ1v) is 11.2. The SMILES string of the molecule is Cn1c(=O)c(C#N)c(N2CCC(C)(c3nnc(-c4cccc(Cl)c4)o3)CC2)c2ccccc21. The fourth-order valence-electron chi connectivity index (χ4n) is 4.55. The zero-order chi connectivity index (χ0) is 23.2. The van der Waals surface area contributed by atoms with Crippen molar-refractivity contribution >= 4 is 28.2 Å². The fraction of sp³-hybridized carbons (Fsp3) is 0.280. The van der Waals surface area contributed by atoms with Gasteiger partial charge in [-0.1, -0.05) is 42.8 Å². The minimum Gasteiger partial charge on any atom is -0.420 e. The molecule has 1 fully saturated rings. The molecular weight excluding hydrogens is 438 g/mol. The Labute approximate surface area is 195 Å². The fourth-order valence-corrected chi connectivity index (χ4v) is 4.74. The van der Waals surface area contributed by atoms with E-state index in [9.17, 15) is 10.1 Å². The molecule has 0 aliphatic carbocycles. The van der Waals surface area contributed by atoms with Gasteiger partial charge in [0.05, 0.1) is 11.2 Å². The molecule has 0 spiro atoms. The van der Waals surface area contributed by atoms with Gasteiger partial charge in [0.2, 0.25) is 11.8 Å². The third kappa shape index (κ3) is 3.57. The minimum atomic E-state index is -0.303. The molecule has 1 saturated heterocycles. The molecule has 8 heteroatoms. The lowest BCUT2D eigenvalue weighted by atomic mass is 9.80. The van der Waals surface area contributed by atoms with Crippen LogP contribution in [-0.2, 0) is 12.5 Å². The van der Waals surface area contributed by atoms with Crippen molar-refractivity contribution < 1.29 is 4.42 Å². The second-order valence-corrected chi connectivity index (χ2v) is 9.12. The van der Waals surface area contributed by atoms with Gasteiger partial charge < -0.3 is 13.9 Å². The zero-order valence-corrected chi connectivity index (χ0v) is 19.1. The third-order valence-corrected chi connectivity index (χ3v) is 6.82. The second-order valence-electron chi connectivity index (χ2n) is 8.69. The Bertz CT molecular complexity index is 1460. The van der Waals surface area contributed by atoms with E-state index in [-0.39, 0.29) is 16.5 Å². The van der Waals surface area contributed by atoms with E-state index in [1.165, 1.54) is 0 Å². The van der Waals surface area contributed by atoms with Crippen molar-refractivity contribution in [1.29, 1.82) is 5.26 Å². The molecule has 0 atom stereocenters. The van der Waals surface area contributed by atoms with E-state index in [2.05, 4.69) is 28.1 Å². The zero-order valence-electron chi connectivity index (χ0n) is 18.4. The maximum absolute atomic E-state index is 12.9. The molecular formula is C25H22ClN5O2. The van der Waals surface area contributed by atoms with Crippen molar-refractivity contribution in [2.24, 2.45) is 7.05 Å². The average molecular weight is 460 g/mol. The van der Waals surface area contributed by atoms with Gasteiger partial charge in [-0.2, -0.15) is 5.26 Å². The monoisotopic (exact) mass is 459 g/mol. The van der Waals surface area contributed by atoms with Gasteiger partial charge in [0.25, 0.3) is 5.56 Å². The van der Waals surface area contributed by atoms with Crippen LogP contribution in [0, 0.1) is 11.3 Å². The van der Waals surface area contributed by atoms with E-state index < -0.39 is 0 Å². The predicted octanol–water partition coefficient (Wildman–Crippen LogP) is 4.67. The standard InChI is InChI=1S/C25H22ClN5O2/c1-25(24-29-28-22(33-24)16-6-5-7-17(26)14-16)10-12-31(13-11-25)21-18-8-3-4-9-20(18)30(2)23(32)19(21)15-27/h3-9,14H,10-13H2,1-2H3.